The van der Waals surface area contributed by atoms with Crippen LogP contribution in [-0.2, 0) is 9.05 Å². The Kier molecular flexibility index (Phi) is 3.41. The van der Waals surface area contributed by atoms with E-state index in [2.05, 4.69) is 4.98 Å². The molecule has 2 rings (SSSR count). The molecule has 0 aliphatic heterocycles. The summed E-state index contributed by atoms with van der Waals surface area (Å²) in [6.45, 7) is 0. The fourth-order valence-electron chi connectivity index (χ4n) is 1.22. The smallest absolute Gasteiger partial charge is 0.233 e. The molecule has 86 valence electrons. The molecule has 2 heterocycles. The maximum Gasteiger partial charge on any atom is 0.233 e. The average molecular weight is 278 g/mol. The van der Waals surface area contributed by atoms with Gasteiger partial charge in [0, 0.05) is 22.6 Å². The largest absolute Gasteiger partial charge is 0.464 e. The lowest BCUT2D eigenvalue weighted by Gasteiger charge is -1.99. The number of furan rings is 1. The van der Waals surface area contributed by atoms with E-state index in [1.807, 2.05) is 0 Å². The van der Waals surface area contributed by atoms with Crippen molar-refractivity contribution in [3.05, 3.63) is 24.6 Å². The lowest BCUT2D eigenvalue weighted by atomic mass is 10.3. The highest BCUT2D eigenvalue weighted by atomic mass is 35.7. The Morgan fingerprint density at radius 3 is 3.00 bits per heavy atom. The van der Waals surface area contributed by atoms with Crippen molar-refractivity contribution in [1.29, 1.82) is 0 Å². The average Bonchev–Trinajstić information content (AvgIpc) is 2.64. The van der Waals surface area contributed by atoms with Crippen LogP contribution >= 0.6 is 22.4 Å². The summed E-state index contributed by atoms with van der Waals surface area (Å²) in [7, 11) is 1.68. The molecule has 0 bridgehead atoms. The number of pyridine rings is 1. The number of rotatable bonds is 4. The number of hydrogen-bond acceptors (Lipinski definition) is 5. The Morgan fingerprint density at radius 1 is 1.44 bits per heavy atom. The van der Waals surface area contributed by atoms with Gasteiger partial charge >= 0.3 is 0 Å². The summed E-state index contributed by atoms with van der Waals surface area (Å²) < 4.78 is 26.7. The topological polar surface area (TPSA) is 60.2 Å². The second-order valence-corrected chi connectivity index (χ2v) is 7.02. The molecule has 0 radical (unpaired) electrons. The minimum Gasteiger partial charge on any atom is -0.464 e. The molecule has 0 aliphatic rings. The molecule has 0 atom stereocenters. The van der Waals surface area contributed by atoms with E-state index in [4.69, 9.17) is 15.1 Å². The molecular formula is C9H8ClNO3S2. The van der Waals surface area contributed by atoms with Gasteiger partial charge in [-0.15, -0.1) is 11.8 Å². The quantitative estimate of drug-likeness (QED) is 0.635. The number of halogens is 1. The molecule has 0 unspecified atom stereocenters. The summed E-state index contributed by atoms with van der Waals surface area (Å²) in [4.78, 5) is 4.16. The van der Waals surface area contributed by atoms with E-state index in [-0.39, 0.29) is 5.75 Å². The van der Waals surface area contributed by atoms with Crippen LogP contribution in [0.25, 0.3) is 11.0 Å². The zero-order chi connectivity index (χ0) is 11.6. The molecule has 0 aromatic carbocycles. The lowest BCUT2D eigenvalue weighted by molar-refractivity contribution is 0.611. The molecule has 0 fully saturated rings. The third-order valence-corrected chi connectivity index (χ3v) is 4.33. The number of thioether (sulfide) groups is 1. The monoisotopic (exact) mass is 277 g/mol. The van der Waals surface area contributed by atoms with Gasteiger partial charge in [-0.05, 0) is 12.1 Å². The van der Waals surface area contributed by atoms with Gasteiger partial charge in [-0.25, -0.2) is 13.4 Å². The summed E-state index contributed by atoms with van der Waals surface area (Å²) in [5, 5.41) is 1.64. The molecular weight excluding hydrogens is 270 g/mol. The molecule has 0 aliphatic carbocycles. The van der Waals surface area contributed by atoms with Crippen LogP contribution in [0.1, 0.15) is 0 Å². The van der Waals surface area contributed by atoms with E-state index in [9.17, 15) is 8.42 Å². The highest BCUT2D eigenvalue weighted by Gasteiger charge is 2.08. The minimum atomic E-state index is -3.43. The predicted molar refractivity (Wildman–Crippen MR) is 64.4 cm³/mol. The fraction of sp³-hybridized carbons (Fsp3) is 0.222. The summed E-state index contributed by atoms with van der Waals surface area (Å²) in [5.74, 6) is 0.304. The van der Waals surface area contributed by atoms with E-state index in [1.54, 1.807) is 24.6 Å². The van der Waals surface area contributed by atoms with Crippen molar-refractivity contribution in [1.82, 2.24) is 4.98 Å². The Bertz CT molecular complexity index is 594. The van der Waals surface area contributed by atoms with Crippen molar-refractivity contribution < 1.29 is 12.8 Å². The molecule has 7 heteroatoms. The van der Waals surface area contributed by atoms with Crippen LogP contribution in [0.15, 0.2) is 34.0 Å². The lowest BCUT2D eigenvalue weighted by Crippen LogP contribution is -1.99. The zero-order valence-corrected chi connectivity index (χ0v) is 10.5. The van der Waals surface area contributed by atoms with Crippen LogP contribution in [0.5, 0.6) is 0 Å². The normalized spacial score (nSPS) is 12.1. The van der Waals surface area contributed by atoms with Gasteiger partial charge in [0.25, 0.3) is 0 Å². The van der Waals surface area contributed by atoms with Gasteiger partial charge in [0.05, 0.1) is 17.4 Å². The maximum atomic E-state index is 10.7. The van der Waals surface area contributed by atoms with Gasteiger partial charge in [0.2, 0.25) is 9.05 Å². The third kappa shape index (κ3) is 2.90. The number of nitrogens with zero attached hydrogens (tertiary/aromatic N) is 1. The molecule has 0 spiro atoms. The number of hydrogen-bond donors (Lipinski definition) is 0. The highest BCUT2D eigenvalue weighted by molar-refractivity contribution is 8.14. The SMILES string of the molecule is O=S(=O)(Cl)CCSc1nccc2occc12. The maximum absolute atomic E-state index is 10.7. The molecule has 0 N–H and O–H groups in total. The Labute approximate surface area is 101 Å². The van der Waals surface area contributed by atoms with E-state index in [1.165, 1.54) is 11.8 Å². The van der Waals surface area contributed by atoms with Gasteiger partial charge < -0.3 is 4.42 Å². The first-order chi connectivity index (χ1) is 7.56. The molecule has 16 heavy (non-hydrogen) atoms. The van der Waals surface area contributed by atoms with Crippen LogP contribution in [0.4, 0.5) is 0 Å². The van der Waals surface area contributed by atoms with Gasteiger partial charge in [0.15, 0.2) is 0 Å². The molecule has 0 saturated carbocycles. The first-order valence-electron chi connectivity index (χ1n) is 4.43. The summed E-state index contributed by atoms with van der Waals surface area (Å²) >= 11 is 1.35. The van der Waals surface area contributed by atoms with E-state index >= 15 is 0 Å². The summed E-state index contributed by atoms with van der Waals surface area (Å²) in [6, 6.07) is 3.57. The minimum absolute atomic E-state index is 0.0743. The van der Waals surface area contributed by atoms with Crippen LogP contribution < -0.4 is 0 Å². The van der Waals surface area contributed by atoms with E-state index in [0.29, 0.717) is 5.75 Å². The second kappa shape index (κ2) is 4.65. The van der Waals surface area contributed by atoms with Crippen molar-refractivity contribution in [2.45, 2.75) is 5.03 Å². The van der Waals surface area contributed by atoms with Gasteiger partial charge in [-0.3, -0.25) is 0 Å². The van der Waals surface area contributed by atoms with Crippen molar-refractivity contribution in [3.8, 4) is 0 Å². The van der Waals surface area contributed by atoms with E-state index < -0.39 is 9.05 Å². The molecule has 4 nitrogen and oxygen atoms in total. The predicted octanol–water partition coefficient (Wildman–Crippen LogP) is 2.49. The number of fused-ring (bicyclic) bond motifs is 1. The Balaban J connectivity index is 2.12. The van der Waals surface area contributed by atoms with Crippen LogP contribution in [0.3, 0.4) is 0 Å². The fourth-order valence-corrected chi connectivity index (χ4v) is 3.57. The van der Waals surface area contributed by atoms with E-state index in [0.717, 1.165) is 16.0 Å². The first kappa shape index (κ1) is 11.8. The Morgan fingerprint density at radius 2 is 2.25 bits per heavy atom. The summed E-state index contributed by atoms with van der Waals surface area (Å²) in [6.07, 6.45) is 3.21. The van der Waals surface area contributed by atoms with Crippen molar-refractivity contribution in [2.24, 2.45) is 0 Å². The van der Waals surface area contributed by atoms with Crippen LogP contribution in [0.2, 0.25) is 0 Å². The van der Waals surface area contributed by atoms with Gasteiger partial charge in [-0.1, -0.05) is 0 Å². The molecule has 2 aromatic heterocycles. The second-order valence-electron chi connectivity index (χ2n) is 3.04. The van der Waals surface area contributed by atoms with Crippen molar-refractivity contribution in [3.63, 3.8) is 0 Å². The third-order valence-electron chi connectivity index (χ3n) is 1.91. The summed E-state index contributed by atoms with van der Waals surface area (Å²) in [5.41, 5.74) is 0.742. The zero-order valence-electron chi connectivity index (χ0n) is 8.09. The highest BCUT2D eigenvalue weighted by Crippen LogP contribution is 2.26. The van der Waals surface area contributed by atoms with Crippen LogP contribution in [-0.4, -0.2) is 24.9 Å². The molecule has 2 aromatic rings. The van der Waals surface area contributed by atoms with Crippen molar-refractivity contribution >= 4 is 42.5 Å². The van der Waals surface area contributed by atoms with Crippen LogP contribution in [0, 0.1) is 0 Å². The van der Waals surface area contributed by atoms with Crippen molar-refractivity contribution in [2.75, 3.05) is 11.5 Å². The van der Waals surface area contributed by atoms with Gasteiger partial charge in [0.1, 0.15) is 10.6 Å². The van der Waals surface area contributed by atoms with Gasteiger partial charge in [-0.2, -0.15) is 0 Å². The first-order valence-corrected chi connectivity index (χ1v) is 7.90. The Hall–Kier alpha value is -0.720. The molecule has 0 saturated heterocycles. The number of aromatic nitrogens is 1. The standard InChI is InChI=1S/C9H8ClNO3S2/c10-16(12,13)6-5-15-9-7-2-4-14-8(7)1-3-11-9/h1-4H,5-6H2. The molecule has 0 amide bonds.